The molecule has 3 heterocycles. The first kappa shape index (κ1) is 13.1. The molecule has 2 aliphatic heterocycles. The molecule has 0 saturated carbocycles. The van der Waals surface area contributed by atoms with E-state index in [4.69, 9.17) is 0 Å². The van der Waals surface area contributed by atoms with E-state index in [1.165, 1.54) is 9.18 Å². The summed E-state index contributed by atoms with van der Waals surface area (Å²) in [6.45, 7) is 0. The third-order valence-corrected chi connectivity index (χ3v) is 22.2. The Balaban J connectivity index is 1.90. The van der Waals surface area contributed by atoms with Crippen LogP contribution >= 0.6 is 45.2 Å². The van der Waals surface area contributed by atoms with Gasteiger partial charge < -0.3 is 0 Å². The first-order valence-corrected chi connectivity index (χ1v) is 13.1. The number of rotatable bonds is 0. The van der Waals surface area contributed by atoms with Gasteiger partial charge in [-0.15, -0.1) is 0 Å². The van der Waals surface area contributed by atoms with Crippen molar-refractivity contribution < 1.29 is 0 Å². The topological polar surface area (TPSA) is 25.8 Å². The van der Waals surface area contributed by atoms with Crippen molar-refractivity contribution in [1.29, 1.82) is 0 Å². The Hall–Kier alpha value is 2.10. The van der Waals surface area contributed by atoms with E-state index < -0.39 is 0 Å². The monoisotopic (exact) mass is 699 g/mol. The van der Waals surface area contributed by atoms with Crippen LogP contribution in [-0.2, 0) is 0 Å². The SMILES string of the molecule is IC1=C(I)[Se]C(=C2[Se]c3nccnc3[Se]2)[Se]1. The van der Waals surface area contributed by atoms with Crippen LogP contribution in [0.5, 0.6) is 0 Å². The number of hydrogen-bond acceptors (Lipinski definition) is 2. The Morgan fingerprint density at radius 3 is 1.69 bits per heavy atom. The van der Waals surface area contributed by atoms with Crippen molar-refractivity contribution in [2.45, 2.75) is 0 Å². The molecule has 2 nitrogen and oxygen atoms in total. The van der Waals surface area contributed by atoms with Gasteiger partial charge in [0.1, 0.15) is 0 Å². The summed E-state index contributed by atoms with van der Waals surface area (Å²) >= 11 is 7.29. The molecular weight excluding hydrogens is 694 g/mol. The van der Waals surface area contributed by atoms with E-state index in [-0.39, 0.29) is 0 Å². The van der Waals surface area contributed by atoms with E-state index >= 15 is 0 Å². The van der Waals surface area contributed by atoms with E-state index in [0.717, 1.165) is 0 Å². The van der Waals surface area contributed by atoms with Gasteiger partial charge in [-0.1, -0.05) is 0 Å². The molecule has 3 rings (SSSR count). The summed E-state index contributed by atoms with van der Waals surface area (Å²) in [7, 11) is 0. The van der Waals surface area contributed by atoms with Crippen molar-refractivity contribution in [3.8, 4) is 0 Å². The van der Waals surface area contributed by atoms with Crippen LogP contribution in [0.15, 0.2) is 24.1 Å². The number of aromatic nitrogens is 2. The fourth-order valence-corrected chi connectivity index (χ4v) is 21.6. The van der Waals surface area contributed by atoms with Crippen LogP contribution in [0.2, 0.25) is 0 Å². The molecule has 8 heteroatoms. The van der Waals surface area contributed by atoms with Crippen molar-refractivity contribution in [1.82, 2.24) is 9.97 Å². The van der Waals surface area contributed by atoms with E-state index in [2.05, 4.69) is 55.1 Å². The van der Waals surface area contributed by atoms with Crippen LogP contribution in [-0.4, -0.2) is 69.8 Å². The van der Waals surface area contributed by atoms with Gasteiger partial charge in [-0.2, -0.15) is 0 Å². The van der Waals surface area contributed by atoms with E-state index in [0.29, 0.717) is 59.8 Å². The number of nitrogens with zero attached hydrogens (tertiary/aromatic N) is 2. The van der Waals surface area contributed by atoms with Gasteiger partial charge in [0.15, 0.2) is 0 Å². The summed E-state index contributed by atoms with van der Waals surface area (Å²) in [5.74, 6) is 0. The van der Waals surface area contributed by atoms with E-state index in [9.17, 15) is 0 Å². The maximum absolute atomic E-state index is 4.46. The van der Waals surface area contributed by atoms with Crippen molar-refractivity contribution >= 4 is 114 Å². The number of hydrogen-bond donors (Lipinski definition) is 0. The molecular formula is C8H2I2N2Se4. The van der Waals surface area contributed by atoms with Gasteiger partial charge in [0.25, 0.3) is 0 Å². The van der Waals surface area contributed by atoms with Crippen LogP contribution in [0.25, 0.3) is 0 Å². The second kappa shape index (κ2) is 5.61. The molecule has 1 aromatic rings. The molecule has 0 aromatic carbocycles. The molecule has 0 atom stereocenters. The van der Waals surface area contributed by atoms with Gasteiger partial charge in [-0.25, -0.2) is 0 Å². The first-order valence-electron chi connectivity index (χ1n) is 4.06. The summed E-state index contributed by atoms with van der Waals surface area (Å²) in [5, 5.41) is 0. The molecule has 0 amide bonds. The van der Waals surface area contributed by atoms with E-state index in [1.54, 1.807) is 11.7 Å². The summed E-state index contributed by atoms with van der Waals surface area (Å²) in [4.78, 5) is 8.92. The van der Waals surface area contributed by atoms with Crippen LogP contribution in [0.4, 0.5) is 0 Å². The third-order valence-electron chi connectivity index (χ3n) is 1.70. The molecule has 0 N–H and O–H groups in total. The molecule has 0 bridgehead atoms. The van der Waals surface area contributed by atoms with Crippen LogP contribution < -0.4 is 9.18 Å². The zero-order valence-corrected chi connectivity index (χ0v) is 18.6. The second-order valence-corrected chi connectivity index (χ2v) is 19.2. The van der Waals surface area contributed by atoms with Gasteiger partial charge in [0.2, 0.25) is 0 Å². The van der Waals surface area contributed by atoms with Crippen LogP contribution in [0, 0.1) is 0 Å². The van der Waals surface area contributed by atoms with Crippen LogP contribution in [0.3, 0.4) is 0 Å². The van der Waals surface area contributed by atoms with Gasteiger partial charge in [-0.05, 0) is 0 Å². The molecule has 0 fully saturated rings. The average Bonchev–Trinajstić information content (AvgIpc) is 2.83. The van der Waals surface area contributed by atoms with E-state index in [1.807, 2.05) is 12.4 Å². The molecule has 16 heavy (non-hydrogen) atoms. The van der Waals surface area contributed by atoms with Gasteiger partial charge in [0, 0.05) is 0 Å². The molecule has 0 unspecified atom stereocenters. The van der Waals surface area contributed by atoms with Crippen molar-refractivity contribution in [3.63, 3.8) is 0 Å². The molecule has 82 valence electrons. The Labute approximate surface area is 146 Å². The minimum absolute atomic E-state index is 0.487. The van der Waals surface area contributed by atoms with Gasteiger partial charge in [-0.3, -0.25) is 0 Å². The molecule has 0 radical (unpaired) electrons. The average molecular weight is 696 g/mol. The number of halogens is 2. The van der Waals surface area contributed by atoms with Crippen molar-refractivity contribution in [2.24, 2.45) is 0 Å². The Kier molecular flexibility index (Phi) is 4.59. The predicted molar refractivity (Wildman–Crippen MR) is 86.4 cm³/mol. The normalized spacial score (nSPS) is 19.6. The number of fused-ring (bicyclic) bond motifs is 1. The first-order chi connectivity index (χ1) is 7.74. The second-order valence-electron chi connectivity index (χ2n) is 2.70. The Morgan fingerprint density at radius 1 is 0.750 bits per heavy atom. The van der Waals surface area contributed by atoms with Crippen LogP contribution in [0.1, 0.15) is 0 Å². The molecule has 0 aliphatic carbocycles. The summed E-state index contributed by atoms with van der Waals surface area (Å²) in [6.07, 6.45) is 3.67. The summed E-state index contributed by atoms with van der Waals surface area (Å²) in [6, 6.07) is 0. The minimum atomic E-state index is 0.487. The molecule has 2 aliphatic rings. The zero-order chi connectivity index (χ0) is 11.1. The molecule has 0 spiro atoms. The third kappa shape index (κ3) is 2.67. The Bertz CT molecular complexity index is 486. The molecule has 1 aromatic heterocycles. The fraction of sp³-hybridized carbons (Fsp3) is 0. The zero-order valence-electron chi connectivity index (χ0n) is 7.44. The Morgan fingerprint density at radius 2 is 1.19 bits per heavy atom. The predicted octanol–water partition coefficient (Wildman–Crippen LogP) is -0.306. The van der Waals surface area contributed by atoms with Gasteiger partial charge >= 0.3 is 148 Å². The summed E-state index contributed by atoms with van der Waals surface area (Å²) in [5.41, 5.74) is 0. The summed E-state index contributed by atoms with van der Waals surface area (Å²) < 4.78 is 9.35. The van der Waals surface area contributed by atoms with Crippen molar-refractivity contribution in [2.75, 3.05) is 0 Å². The van der Waals surface area contributed by atoms with Gasteiger partial charge in [0.05, 0.1) is 0 Å². The standard InChI is InChI=1S/C8H2I2N2Se4/c9-3-4(10)14-7(13-3)8-15-5-6(16-8)12-2-1-11-5/h1-2H. The fourth-order valence-electron chi connectivity index (χ4n) is 1.08. The molecule has 0 saturated heterocycles. The quantitative estimate of drug-likeness (QED) is 0.276. The maximum atomic E-state index is 4.46. The van der Waals surface area contributed by atoms with Crippen molar-refractivity contribution in [3.05, 3.63) is 24.1 Å².